The van der Waals surface area contributed by atoms with Crippen molar-refractivity contribution in [1.82, 2.24) is 10.3 Å². The van der Waals surface area contributed by atoms with Crippen LogP contribution in [0.5, 0.6) is 5.75 Å². The van der Waals surface area contributed by atoms with Crippen LogP contribution in [0.15, 0.2) is 66.0 Å². The number of thiazole rings is 1. The fourth-order valence-corrected chi connectivity index (χ4v) is 4.19. The fourth-order valence-electron chi connectivity index (χ4n) is 3.30. The minimum absolute atomic E-state index is 0.0527. The first-order valence-corrected chi connectivity index (χ1v) is 10.4. The average Bonchev–Trinajstić information content (AvgIpc) is 3.25. The van der Waals surface area contributed by atoms with Crippen LogP contribution in [0, 0.1) is 0 Å². The molecule has 0 saturated carbocycles. The van der Waals surface area contributed by atoms with E-state index >= 15 is 0 Å². The molecule has 0 bridgehead atoms. The van der Waals surface area contributed by atoms with E-state index < -0.39 is 0 Å². The SMILES string of the molecule is O=C(COc1ccccc1)NC1CCN(c2nc(-c3ccccc3)cs2)CC1. The number of anilines is 1. The molecule has 2 aromatic carbocycles. The van der Waals surface area contributed by atoms with E-state index in [2.05, 4.69) is 27.7 Å². The standard InChI is InChI=1S/C22H23N3O2S/c26-21(15-27-19-9-5-2-6-10-19)23-18-11-13-25(14-12-18)22-24-20(16-28-22)17-7-3-1-4-8-17/h1-10,16,18H,11-15H2,(H,23,26). The van der Waals surface area contributed by atoms with E-state index in [9.17, 15) is 4.79 Å². The summed E-state index contributed by atoms with van der Waals surface area (Å²) in [4.78, 5) is 19.2. The lowest BCUT2D eigenvalue weighted by Crippen LogP contribution is -2.46. The average molecular weight is 394 g/mol. The second kappa shape index (κ2) is 8.89. The highest BCUT2D eigenvalue weighted by atomic mass is 32.1. The Morgan fingerprint density at radius 3 is 2.46 bits per heavy atom. The molecule has 28 heavy (non-hydrogen) atoms. The first-order chi connectivity index (χ1) is 13.8. The molecule has 4 rings (SSSR count). The summed E-state index contributed by atoms with van der Waals surface area (Å²) in [5.41, 5.74) is 2.17. The van der Waals surface area contributed by atoms with Crippen LogP contribution in [0.2, 0.25) is 0 Å². The minimum Gasteiger partial charge on any atom is -0.484 e. The smallest absolute Gasteiger partial charge is 0.258 e. The van der Waals surface area contributed by atoms with Gasteiger partial charge in [0.15, 0.2) is 11.7 Å². The molecule has 0 atom stereocenters. The van der Waals surface area contributed by atoms with Gasteiger partial charge in [-0.2, -0.15) is 0 Å². The molecule has 1 aliphatic heterocycles. The van der Waals surface area contributed by atoms with Gasteiger partial charge in [-0.05, 0) is 25.0 Å². The van der Waals surface area contributed by atoms with Crippen molar-refractivity contribution in [1.29, 1.82) is 0 Å². The van der Waals surface area contributed by atoms with Crippen LogP contribution in [0.25, 0.3) is 11.3 Å². The maximum Gasteiger partial charge on any atom is 0.258 e. The number of carbonyl (C=O) groups excluding carboxylic acids is 1. The molecule has 0 spiro atoms. The van der Waals surface area contributed by atoms with E-state index in [-0.39, 0.29) is 18.6 Å². The molecule has 6 heteroatoms. The maximum atomic E-state index is 12.1. The van der Waals surface area contributed by atoms with Crippen molar-refractivity contribution < 1.29 is 9.53 Å². The summed E-state index contributed by atoms with van der Waals surface area (Å²) in [6, 6.07) is 19.8. The van der Waals surface area contributed by atoms with Crippen LogP contribution in [-0.2, 0) is 4.79 Å². The lowest BCUT2D eigenvalue weighted by Gasteiger charge is -2.32. The topological polar surface area (TPSA) is 54.5 Å². The molecule has 0 aliphatic carbocycles. The molecule has 0 unspecified atom stereocenters. The largest absolute Gasteiger partial charge is 0.484 e. The molecular weight excluding hydrogens is 370 g/mol. The lowest BCUT2D eigenvalue weighted by atomic mass is 10.1. The van der Waals surface area contributed by atoms with Crippen molar-refractivity contribution in [2.45, 2.75) is 18.9 Å². The van der Waals surface area contributed by atoms with Crippen molar-refractivity contribution in [3.05, 3.63) is 66.0 Å². The monoisotopic (exact) mass is 393 g/mol. The number of rotatable bonds is 6. The number of nitrogens with one attached hydrogen (secondary N) is 1. The Morgan fingerprint density at radius 1 is 1.07 bits per heavy atom. The predicted octanol–water partition coefficient (Wildman–Crippen LogP) is 3.97. The number of amides is 1. The van der Waals surface area contributed by atoms with Crippen LogP contribution in [0.4, 0.5) is 5.13 Å². The van der Waals surface area contributed by atoms with Gasteiger partial charge in [-0.1, -0.05) is 48.5 Å². The molecule has 2 heterocycles. The molecular formula is C22H23N3O2S. The van der Waals surface area contributed by atoms with Gasteiger partial charge in [0.25, 0.3) is 5.91 Å². The van der Waals surface area contributed by atoms with Crippen molar-refractivity contribution in [2.24, 2.45) is 0 Å². The number of carbonyl (C=O) groups is 1. The Hall–Kier alpha value is -2.86. The van der Waals surface area contributed by atoms with Gasteiger partial charge in [0.1, 0.15) is 5.75 Å². The molecule has 1 aromatic heterocycles. The van der Waals surface area contributed by atoms with Crippen LogP contribution in [0.3, 0.4) is 0 Å². The summed E-state index contributed by atoms with van der Waals surface area (Å²) >= 11 is 1.68. The molecule has 0 radical (unpaired) electrons. The van der Waals surface area contributed by atoms with Crippen molar-refractivity contribution in [2.75, 3.05) is 24.6 Å². The Bertz CT molecular complexity index is 890. The summed E-state index contributed by atoms with van der Waals surface area (Å²) in [5.74, 6) is 0.647. The summed E-state index contributed by atoms with van der Waals surface area (Å²) in [5, 5.41) is 6.25. The fraction of sp³-hybridized carbons (Fsp3) is 0.273. The number of benzene rings is 2. The van der Waals surface area contributed by atoms with Gasteiger partial charge in [0, 0.05) is 30.1 Å². The van der Waals surface area contributed by atoms with Gasteiger partial charge in [-0.3, -0.25) is 4.79 Å². The van der Waals surface area contributed by atoms with E-state index in [0.717, 1.165) is 42.3 Å². The summed E-state index contributed by atoms with van der Waals surface area (Å²) in [6.45, 7) is 1.84. The number of piperidine rings is 1. The van der Waals surface area contributed by atoms with Crippen LogP contribution >= 0.6 is 11.3 Å². The van der Waals surface area contributed by atoms with Crippen molar-refractivity contribution in [3.63, 3.8) is 0 Å². The maximum absolute atomic E-state index is 12.1. The third-order valence-electron chi connectivity index (χ3n) is 4.81. The summed E-state index contributed by atoms with van der Waals surface area (Å²) in [7, 11) is 0. The summed E-state index contributed by atoms with van der Waals surface area (Å²) < 4.78 is 5.51. The van der Waals surface area contributed by atoms with E-state index in [1.165, 1.54) is 0 Å². The Kier molecular flexibility index (Phi) is 5.87. The number of ether oxygens (including phenoxy) is 1. The van der Waals surface area contributed by atoms with E-state index in [1.807, 2.05) is 48.5 Å². The highest BCUT2D eigenvalue weighted by Crippen LogP contribution is 2.29. The highest BCUT2D eigenvalue weighted by molar-refractivity contribution is 7.14. The highest BCUT2D eigenvalue weighted by Gasteiger charge is 2.22. The Labute approximate surface area is 169 Å². The third kappa shape index (κ3) is 4.70. The first kappa shape index (κ1) is 18.5. The quantitative estimate of drug-likeness (QED) is 0.688. The van der Waals surface area contributed by atoms with Crippen LogP contribution < -0.4 is 15.0 Å². The van der Waals surface area contributed by atoms with Crippen molar-refractivity contribution in [3.8, 4) is 17.0 Å². The Balaban J connectivity index is 1.24. The van der Waals surface area contributed by atoms with Crippen LogP contribution in [-0.4, -0.2) is 36.6 Å². The second-order valence-electron chi connectivity index (χ2n) is 6.81. The van der Waals surface area contributed by atoms with E-state index in [0.29, 0.717) is 5.75 Å². The molecule has 1 fully saturated rings. The zero-order valence-corrected chi connectivity index (χ0v) is 16.4. The number of hydrogen-bond acceptors (Lipinski definition) is 5. The molecule has 144 valence electrons. The predicted molar refractivity (Wildman–Crippen MR) is 113 cm³/mol. The minimum atomic E-state index is -0.0667. The molecule has 5 nitrogen and oxygen atoms in total. The zero-order chi connectivity index (χ0) is 19.2. The molecule has 1 amide bonds. The van der Waals surface area contributed by atoms with Crippen LogP contribution in [0.1, 0.15) is 12.8 Å². The molecule has 1 aliphatic rings. The van der Waals surface area contributed by atoms with E-state index in [4.69, 9.17) is 9.72 Å². The second-order valence-corrected chi connectivity index (χ2v) is 7.65. The first-order valence-electron chi connectivity index (χ1n) is 9.51. The molecule has 1 N–H and O–H groups in total. The van der Waals surface area contributed by atoms with Gasteiger partial charge in [-0.15, -0.1) is 11.3 Å². The van der Waals surface area contributed by atoms with Gasteiger partial charge in [0.2, 0.25) is 0 Å². The number of nitrogens with zero attached hydrogens (tertiary/aromatic N) is 2. The lowest BCUT2D eigenvalue weighted by molar-refractivity contribution is -0.123. The van der Waals surface area contributed by atoms with Gasteiger partial charge in [-0.25, -0.2) is 4.98 Å². The van der Waals surface area contributed by atoms with E-state index in [1.54, 1.807) is 11.3 Å². The zero-order valence-electron chi connectivity index (χ0n) is 15.6. The van der Waals surface area contributed by atoms with Gasteiger partial charge >= 0.3 is 0 Å². The molecule has 3 aromatic rings. The Morgan fingerprint density at radius 2 is 1.75 bits per heavy atom. The van der Waals surface area contributed by atoms with Gasteiger partial charge < -0.3 is 15.0 Å². The van der Waals surface area contributed by atoms with Gasteiger partial charge in [0.05, 0.1) is 5.69 Å². The number of para-hydroxylation sites is 1. The third-order valence-corrected chi connectivity index (χ3v) is 5.71. The number of hydrogen-bond donors (Lipinski definition) is 1. The number of aromatic nitrogens is 1. The van der Waals surface area contributed by atoms with Crippen molar-refractivity contribution >= 4 is 22.4 Å². The summed E-state index contributed by atoms with van der Waals surface area (Å²) in [6.07, 6.45) is 1.83. The molecule has 1 saturated heterocycles. The normalized spacial score (nSPS) is 14.6.